The molecule has 1 fully saturated rings. The summed E-state index contributed by atoms with van der Waals surface area (Å²) in [7, 11) is 0. The lowest BCUT2D eigenvalue weighted by atomic mass is 10.2. The van der Waals surface area contributed by atoms with Crippen molar-refractivity contribution in [2.45, 2.75) is 18.9 Å². The Morgan fingerprint density at radius 3 is 3.11 bits per heavy atom. The average Bonchev–Trinajstić information content (AvgIpc) is 3.04. The van der Waals surface area contributed by atoms with E-state index < -0.39 is 0 Å². The van der Waals surface area contributed by atoms with E-state index >= 15 is 0 Å². The first-order valence-corrected chi connectivity index (χ1v) is 6.68. The summed E-state index contributed by atoms with van der Waals surface area (Å²) in [6.45, 7) is 0.654. The van der Waals surface area contributed by atoms with Gasteiger partial charge < -0.3 is 14.4 Å². The van der Waals surface area contributed by atoms with Crippen molar-refractivity contribution < 1.29 is 14.3 Å². The highest BCUT2D eigenvalue weighted by atomic mass is 35.5. The maximum atomic E-state index is 12.4. The molecule has 1 atom stereocenters. The minimum absolute atomic E-state index is 0.00722. The average molecular weight is 280 g/mol. The molecule has 2 heterocycles. The molecule has 19 heavy (non-hydrogen) atoms. The summed E-state index contributed by atoms with van der Waals surface area (Å²) in [5.41, 5.74) is 0.535. The van der Waals surface area contributed by atoms with Crippen molar-refractivity contribution in [2.75, 3.05) is 13.2 Å². The van der Waals surface area contributed by atoms with E-state index in [1.165, 1.54) is 0 Å². The van der Waals surface area contributed by atoms with Gasteiger partial charge in [-0.25, -0.2) is 0 Å². The zero-order chi connectivity index (χ0) is 13.4. The summed E-state index contributed by atoms with van der Waals surface area (Å²) in [6.07, 6.45) is 1.75. The monoisotopic (exact) mass is 279 g/mol. The first kappa shape index (κ1) is 12.5. The van der Waals surface area contributed by atoms with E-state index in [4.69, 9.17) is 16.0 Å². The molecule has 0 bridgehead atoms. The number of furan rings is 1. The van der Waals surface area contributed by atoms with Crippen molar-refractivity contribution in [3.63, 3.8) is 0 Å². The van der Waals surface area contributed by atoms with Gasteiger partial charge in [-0.3, -0.25) is 4.79 Å². The number of aliphatic hydroxyl groups excluding tert-OH is 1. The van der Waals surface area contributed by atoms with Crippen LogP contribution in [-0.2, 0) is 0 Å². The Labute approximate surface area is 115 Å². The summed E-state index contributed by atoms with van der Waals surface area (Å²) in [6, 6.07) is 7.01. The Morgan fingerprint density at radius 2 is 2.37 bits per heavy atom. The molecule has 2 aromatic rings. The molecule has 4 nitrogen and oxygen atoms in total. The zero-order valence-corrected chi connectivity index (χ0v) is 11.1. The number of aliphatic hydroxyl groups is 1. The first-order chi connectivity index (χ1) is 9.20. The van der Waals surface area contributed by atoms with E-state index in [2.05, 4.69) is 0 Å². The van der Waals surface area contributed by atoms with E-state index in [0.29, 0.717) is 17.2 Å². The van der Waals surface area contributed by atoms with Crippen LogP contribution in [0.1, 0.15) is 23.4 Å². The molecule has 5 heteroatoms. The van der Waals surface area contributed by atoms with Crippen molar-refractivity contribution in [1.29, 1.82) is 0 Å². The molecule has 100 valence electrons. The molecule has 1 aliphatic rings. The second-order valence-corrected chi connectivity index (χ2v) is 5.15. The fourth-order valence-electron chi connectivity index (χ4n) is 2.57. The van der Waals surface area contributed by atoms with Gasteiger partial charge in [-0.1, -0.05) is 23.7 Å². The number of carbonyl (C=O) groups is 1. The van der Waals surface area contributed by atoms with E-state index in [1.54, 1.807) is 17.0 Å². The highest BCUT2D eigenvalue weighted by molar-refractivity contribution is 6.34. The van der Waals surface area contributed by atoms with Crippen LogP contribution in [0.2, 0.25) is 5.02 Å². The standard InChI is InChI=1S/C14H14ClNO3/c15-11-5-1-3-9-7-12(19-13(9)11)14(18)16-6-2-4-10(16)8-17/h1,3,5,7,10,17H,2,4,6,8H2/t10-/m1/s1. The molecule has 1 aliphatic heterocycles. The molecule has 0 aliphatic carbocycles. The number of halogens is 1. The van der Waals surface area contributed by atoms with E-state index in [9.17, 15) is 9.90 Å². The third kappa shape index (κ3) is 2.11. The lowest BCUT2D eigenvalue weighted by Crippen LogP contribution is -2.37. The Morgan fingerprint density at radius 1 is 1.53 bits per heavy atom. The van der Waals surface area contributed by atoms with Crippen LogP contribution in [-0.4, -0.2) is 35.1 Å². The number of amides is 1. The van der Waals surface area contributed by atoms with Gasteiger partial charge in [-0.15, -0.1) is 0 Å². The SMILES string of the molecule is O=C(c1cc2cccc(Cl)c2o1)N1CCC[C@@H]1CO. The molecule has 1 N–H and O–H groups in total. The molecular weight excluding hydrogens is 266 g/mol. The fraction of sp³-hybridized carbons (Fsp3) is 0.357. The smallest absolute Gasteiger partial charge is 0.289 e. The molecule has 1 aromatic heterocycles. The number of para-hydroxylation sites is 1. The zero-order valence-electron chi connectivity index (χ0n) is 10.3. The topological polar surface area (TPSA) is 53.7 Å². The Balaban J connectivity index is 1.95. The van der Waals surface area contributed by atoms with Crippen molar-refractivity contribution >= 4 is 28.5 Å². The van der Waals surface area contributed by atoms with E-state index in [-0.39, 0.29) is 24.3 Å². The normalized spacial score (nSPS) is 19.3. The molecule has 1 saturated heterocycles. The molecule has 1 aromatic carbocycles. The van der Waals surface area contributed by atoms with Crippen LogP contribution in [0.3, 0.4) is 0 Å². The summed E-state index contributed by atoms with van der Waals surface area (Å²) >= 11 is 6.03. The molecular formula is C14H14ClNO3. The van der Waals surface area contributed by atoms with Crippen LogP contribution in [0.25, 0.3) is 11.0 Å². The van der Waals surface area contributed by atoms with Gasteiger partial charge in [-0.2, -0.15) is 0 Å². The van der Waals surface area contributed by atoms with Crippen LogP contribution >= 0.6 is 11.6 Å². The van der Waals surface area contributed by atoms with E-state index in [1.807, 2.05) is 12.1 Å². The van der Waals surface area contributed by atoms with E-state index in [0.717, 1.165) is 18.2 Å². The molecule has 0 unspecified atom stereocenters. The maximum absolute atomic E-state index is 12.4. The van der Waals surface area contributed by atoms with Gasteiger partial charge in [0.2, 0.25) is 0 Å². The molecule has 0 spiro atoms. The Hall–Kier alpha value is -1.52. The second kappa shape index (κ2) is 4.87. The van der Waals surface area contributed by atoms with Crippen LogP contribution in [0, 0.1) is 0 Å². The number of hydrogen-bond donors (Lipinski definition) is 1. The second-order valence-electron chi connectivity index (χ2n) is 4.75. The summed E-state index contributed by atoms with van der Waals surface area (Å²) < 4.78 is 5.56. The predicted molar refractivity (Wildman–Crippen MR) is 72.4 cm³/mol. The van der Waals surface area contributed by atoms with Crippen LogP contribution in [0.5, 0.6) is 0 Å². The van der Waals surface area contributed by atoms with Gasteiger partial charge in [0, 0.05) is 11.9 Å². The quantitative estimate of drug-likeness (QED) is 0.919. The van der Waals surface area contributed by atoms with Gasteiger partial charge in [-0.05, 0) is 25.0 Å². The van der Waals surface area contributed by atoms with Gasteiger partial charge in [0.05, 0.1) is 17.7 Å². The van der Waals surface area contributed by atoms with Crippen molar-refractivity contribution in [3.8, 4) is 0 Å². The number of hydrogen-bond acceptors (Lipinski definition) is 3. The maximum Gasteiger partial charge on any atom is 0.289 e. The molecule has 0 radical (unpaired) electrons. The van der Waals surface area contributed by atoms with Gasteiger partial charge in [0.25, 0.3) is 5.91 Å². The van der Waals surface area contributed by atoms with Gasteiger partial charge in [0.1, 0.15) is 0 Å². The van der Waals surface area contributed by atoms with Crippen molar-refractivity contribution in [3.05, 3.63) is 35.0 Å². The molecule has 1 amide bonds. The van der Waals surface area contributed by atoms with Gasteiger partial charge >= 0.3 is 0 Å². The first-order valence-electron chi connectivity index (χ1n) is 6.30. The number of fused-ring (bicyclic) bond motifs is 1. The van der Waals surface area contributed by atoms with Crippen molar-refractivity contribution in [2.24, 2.45) is 0 Å². The molecule has 3 rings (SSSR count). The number of likely N-dealkylation sites (tertiary alicyclic amines) is 1. The van der Waals surface area contributed by atoms with Crippen LogP contribution < -0.4 is 0 Å². The largest absolute Gasteiger partial charge is 0.449 e. The van der Waals surface area contributed by atoms with Gasteiger partial charge in [0.15, 0.2) is 11.3 Å². The number of carbonyl (C=O) groups excluding carboxylic acids is 1. The Bertz CT molecular complexity index is 622. The third-order valence-corrected chi connectivity index (χ3v) is 3.85. The highest BCUT2D eigenvalue weighted by Crippen LogP contribution is 2.28. The summed E-state index contributed by atoms with van der Waals surface area (Å²) in [5.74, 6) is 0.104. The van der Waals surface area contributed by atoms with Crippen LogP contribution in [0.4, 0.5) is 0 Å². The highest BCUT2D eigenvalue weighted by Gasteiger charge is 2.30. The Kier molecular flexibility index (Phi) is 3.21. The summed E-state index contributed by atoms with van der Waals surface area (Å²) in [5, 5.41) is 10.6. The van der Waals surface area contributed by atoms with Crippen LogP contribution in [0.15, 0.2) is 28.7 Å². The minimum atomic E-state index is -0.177. The van der Waals surface area contributed by atoms with Crippen molar-refractivity contribution in [1.82, 2.24) is 4.90 Å². The number of nitrogens with zero attached hydrogens (tertiary/aromatic N) is 1. The fourth-order valence-corrected chi connectivity index (χ4v) is 2.79. The number of rotatable bonds is 2. The summed E-state index contributed by atoms with van der Waals surface area (Å²) in [4.78, 5) is 14.0. The number of benzene rings is 1. The molecule has 0 saturated carbocycles. The predicted octanol–water partition coefficient (Wildman–Crippen LogP) is 2.68. The minimum Gasteiger partial charge on any atom is -0.449 e. The third-order valence-electron chi connectivity index (χ3n) is 3.56. The lowest BCUT2D eigenvalue weighted by Gasteiger charge is -2.21. The lowest BCUT2D eigenvalue weighted by molar-refractivity contribution is 0.0648.